The maximum absolute atomic E-state index is 13.4. The summed E-state index contributed by atoms with van der Waals surface area (Å²) in [6.45, 7) is 2.78. The average molecular weight is 297 g/mol. The largest absolute Gasteiger partial charge is 0.335 e. The Morgan fingerprint density at radius 2 is 2.10 bits per heavy atom. The summed E-state index contributed by atoms with van der Waals surface area (Å²) in [5.41, 5.74) is 0. The zero-order chi connectivity index (χ0) is 14.6. The van der Waals surface area contributed by atoms with Crippen LogP contribution in [0.2, 0.25) is 0 Å². The molecule has 0 fully saturated rings. The smallest absolute Gasteiger partial charge is 0.243 e. The lowest BCUT2D eigenvalue weighted by atomic mass is 10.4. The molecule has 0 amide bonds. The molecule has 5 nitrogen and oxygen atoms in total. The van der Waals surface area contributed by atoms with Crippen molar-refractivity contribution in [2.75, 3.05) is 6.54 Å². The van der Waals surface area contributed by atoms with E-state index in [-0.39, 0.29) is 11.4 Å². The summed E-state index contributed by atoms with van der Waals surface area (Å²) in [7, 11) is -3.79. The van der Waals surface area contributed by atoms with E-state index in [1.54, 1.807) is 6.20 Å². The van der Waals surface area contributed by atoms with E-state index in [0.29, 0.717) is 13.0 Å². The van der Waals surface area contributed by atoms with Crippen LogP contribution >= 0.6 is 0 Å². The zero-order valence-corrected chi connectivity index (χ0v) is 11.9. The first kappa shape index (κ1) is 14.7. The van der Waals surface area contributed by atoms with Crippen LogP contribution in [0.1, 0.15) is 12.2 Å². The molecule has 0 unspecified atom stereocenters. The van der Waals surface area contributed by atoms with Gasteiger partial charge in [0.25, 0.3) is 0 Å². The van der Waals surface area contributed by atoms with E-state index in [4.69, 9.17) is 0 Å². The van der Waals surface area contributed by atoms with Crippen molar-refractivity contribution in [1.82, 2.24) is 14.3 Å². The standard InChI is InChI=1S/C13H16FN3O2S/c1-11-15-8-10-17(11)9-4-7-16-20(18,19)13-6-3-2-5-12(13)14/h2-3,5-6,8,10,16H,4,7,9H2,1H3. The van der Waals surface area contributed by atoms with E-state index < -0.39 is 15.8 Å². The van der Waals surface area contributed by atoms with Gasteiger partial charge in [-0.15, -0.1) is 0 Å². The van der Waals surface area contributed by atoms with Gasteiger partial charge in [0.2, 0.25) is 10.0 Å². The van der Waals surface area contributed by atoms with Crippen LogP contribution in [0.15, 0.2) is 41.6 Å². The Morgan fingerprint density at radius 1 is 1.35 bits per heavy atom. The van der Waals surface area contributed by atoms with Crippen LogP contribution in [0.4, 0.5) is 4.39 Å². The van der Waals surface area contributed by atoms with E-state index in [0.717, 1.165) is 11.9 Å². The van der Waals surface area contributed by atoms with Gasteiger partial charge in [0.05, 0.1) is 0 Å². The van der Waals surface area contributed by atoms with Crippen molar-refractivity contribution in [3.63, 3.8) is 0 Å². The second-order valence-electron chi connectivity index (χ2n) is 4.35. The van der Waals surface area contributed by atoms with Gasteiger partial charge in [-0.2, -0.15) is 0 Å². The molecule has 2 aromatic rings. The lowest BCUT2D eigenvalue weighted by molar-refractivity contribution is 0.549. The zero-order valence-electron chi connectivity index (χ0n) is 11.1. The Hall–Kier alpha value is -1.73. The van der Waals surface area contributed by atoms with Gasteiger partial charge in [-0.1, -0.05) is 12.1 Å². The van der Waals surface area contributed by atoms with Crippen molar-refractivity contribution in [1.29, 1.82) is 0 Å². The first-order chi connectivity index (χ1) is 9.50. The number of benzene rings is 1. The SMILES string of the molecule is Cc1nccn1CCCNS(=O)(=O)c1ccccc1F. The third-order valence-electron chi connectivity index (χ3n) is 2.92. The topological polar surface area (TPSA) is 64.0 Å². The first-order valence-corrected chi connectivity index (χ1v) is 7.71. The molecule has 1 heterocycles. The highest BCUT2D eigenvalue weighted by atomic mass is 32.2. The number of aromatic nitrogens is 2. The molecule has 1 aromatic carbocycles. The molecule has 0 radical (unpaired) electrons. The normalized spacial score (nSPS) is 11.7. The van der Waals surface area contributed by atoms with E-state index in [1.807, 2.05) is 17.7 Å². The lowest BCUT2D eigenvalue weighted by Crippen LogP contribution is -2.26. The highest BCUT2D eigenvalue weighted by molar-refractivity contribution is 7.89. The molecule has 7 heteroatoms. The summed E-state index contributed by atoms with van der Waals surface area (Å²) in [6.07, 6.45) is 4.13. The monoisotopic (exact) mass is 297 g/mol. The molecule has 1 aromatic heterocycles. The van der Waals surface area contributed by atoms with Crippen molar-refractivity contribution in [3.8, 4) is 0 Å². The molecule has 20 heavy (non-hydrogen) atoms. The third kappa shape index (κ3) is 3.43. The Bertz CT molecular complexity index is 682. The highest BCUT2D eigenvalue weighted by Gasteiger charge is 2.17. The third-order valence-corrected chi connectivity index (χ3v) is 4.41. The van der Waals surface area contributed by atoms with Gasteiger partial charge in [-0.25, -0.2) is 22.5 Å². The summed E-state index contributed by atoms with van der Waals surface area (Å²) in [5.74, 6) is 0.132. The van der Waals surface area contributed by atoms with Gasteiger partial charge >= 0.3 is 0 Å². The van der Waals surface area contributed by atoms with Crippen molar-refractivity contribution >= 4 is 10.0 Å². The molecule has 108 valence electrons. The first-order valence-electron chi connectivity index (χ1n) is 6.22. The maximum Gasteiger partial charge on any atom is 0.243 e. The number of nitrogens with zero attached hydrogens (tertiary/aromatic N) is 2. The highest BCUT2D eigenvalue weighted by Crippen LogP contribution is 2.12. The van der Waals surface area contributed by atoms with Crippen molar-refractivity contribution in [2.45, 2.75) is 24.8 Å². The maximum atomic E-state index is 13.4. The number of hydrogen-bond donors (Lipinski definition) is 1. The molecule has 0 aliphatic heterocycles. The summed E-state index contributed by atoms with van der Waals surface area (Å²) in [5, 5.41) is 0. The Kier molecular flexibility index (Phi) is 4.51. The molecule has 0 bridgehead atoms. The number of aryl methyl sites for hydroxylation is 2. The van der Waals surface area contributed by atoms with E-state index >= 15 is 0 Å². The molecule has 0 spiro atoms. The van der Waals surface area contributed by atoms with Crippen molar-refractivity contribution in [2.24, 2.45) is 0 Å². The van der Waals surface area contributed by atoms with Crippen molar-refractivity contribution in [3.05, 3.63) is 48.3 Å². The molecule has 0 atom stereocenters. The summed E-state index contributed by atoms with van der Waals surface area (Å²) in [4.78, 5) is 3.76. The van der Waals surface area contributed by atoms with Crippen LogP contribution in [-0.2, 0) is 16.6 Å². The van der Waals surface area contributed by atoms with Gasteiger partial charge < -0.3 is 4.57 Å². The van der Waals surface area contributed by atoms with E-state index in [1.165, 1.54) is 18.2 Å². The van der Waals surface area contributed by atoms with Gasteiger partial charge in [0.1, 0.15) is 16.5 Å². The van der Waals surface area contributed by atoms with Crippen LogP contribution in [0.5, 0.6) is 0 Å². The Labute approximate surface area is 117 Å². The molecule has 0 aliphatic carbocycles. The number of imidazole rings is 1. The van der Waals surface area contributed by atoms with Crippen LogP contribution in [0.25, 0.3) is 0 Å². The number of hydrogen-bond acceptors (Lipinski definition) is 3. The van der Waals surface area contributed by atoms with Gasteiger partial charge in [-0.3, -0.25) is 0 Å². The second kappa shape index (κ2) is 6.15. The van der Waals surface area contributed by atoms with Gasteiger partial charge in [0.15, 0.2) is 0 Å². The molecular formula is C13H16FN3O2S. The minimum atomic E-state index is -3.79. The lowest BCUT2D eigenvalue weighted by Gasteiger charge is -2.08. The fraction of sp³-hybridized carbons (Fsp3) is 0.308. The molecule has 0 aliphatic rings. The quantitative estimate of drug-likeness (QED) is 0.825. The molecular weight excluding hydrogens is 281 g/mol. The Balaban J connectivity index is 1.91. The average Bonchev–Trinajstić information content (AvgIpc) is 2.81. The summed E-state index contributed by atoms with van der Waals surface area (Å²) < 4.78 is 41.6. The summed E-state index contributed by atoms with van der Waals surface area (Å²) in [6, 6.07) is 5.32. The number of nitrogens with one attached hydrogen (secondary N) is 1. The van der Waals surface area contributed by atoms with Crippen LogP contribution < -0.4 is 4.72 Å². The molecule has 1 N–H and O–H groups in total. The van der Waals surface area contributed by atoms with Gasteiger partial charge in [-0.05, 0) is 25.5 Å². The minimum absolute atomic E-state index is 0.244. The van der Waals surface area contributed by atoms with Crippen LogP contribution in [0, 0.1) is 12.7 Å². The van der Waals surface area contributed by atoms with Crippen molar-refractivity contribution < 1.29 is 12.8 Å². The minimum Gasteiger partial charge on any atom is -0.335 e. The predicted octanol–water partition coefficient (Wildman–Crippen LogP) is 1.70. The second-order valence-corrected chi connectivity index (χ2v) is 6.08. The fourth-order valence-corrected chi connectivity index (χ4v) is 2.99. The summed E-state index contributed by atoms with van der Waals surface area (Å²) >= 11 is 0. The van der Waals surface area contributed by atoms with Gasteiger partial charge in [0, 0.05) is 25.5 Å². The number of halogens is 1. The van der Waals surface area contributed by atoms with Crippen LogP contribution in [-0.4, -0.2) is 24.5 Å². The molecule has 0 saturated heterocycles. The fourth-order valence-electron chi connectivity index (χ4n) is 1.84. The number of rotatable bonds is 6. The Morgan fingerprint density at radius 3 is 2.75 bits per heavy atom. The predicted molar refractivity (Wildman–Crippen MR) is 73.2 cm³/mol. The van der Waals surface area contributed by atoms with Crippen LogP contribution in [0.3, 0.4) is 0 Å². The molecule has 2 rings (SSSR count). The van der Waals surface area contributed by atoms with E-state index in [9.17, 15) is 12.8 Å². The van der Waals surface area contributed by atoms with E-state index in [2.05, 4.69) is 9.71 Å². The molecule has 0 saturated carbocycles. The number of sulfonamides is 1.